The molecule has 2 rings (SSSR count). The van der Waals surface area contributed by atoms with Gasteiger partial charge in [-0.3, -0.25) is 9.59 Å². The van der Waals surface area contributed by atoms with Crippen molar-refractivity contribution in [3.63, 3.8) is 0 Å². The predicted molar refractivity (Wildman–Crippen MR) is 101 cm³/mol. The normalized spacial score (nSPS) is 16.8. The Hall–Kier alpha value is -1.84. The maximum absolute atomic E-state index is 12.9. The van der Waals surface area contributed by atoms with Crippen LogP contribution < -0.4 is 9.64 Å². The van der Waals surface area contributed by atoms with E-state index in [0.29, 0.717) is 24.3 Å². The van der Waals surface area contributed by atoms with Crippen LogP contribution in [0.15, 0.2) is 18.2 Å². The van der Waals surface area contributed by atoms with Gasteiger partial charge in [-0.15, -0.1) is 0 Å². The molecule has 0 N–H and O–H groups in total. The number of carbonyl (C=O) groups is 2. The van der Waals surface area contributed by atoms with E-state index in [1.165, 1.54) is 19.3 Å². The van der Waals surface area contributed by atoms with E-state index in [1.807, 2.05) is 37.8 Å². The Morgan fingerprint density at radius 2 is 1.88 bits per heavy atom. The zero-order chi connectivity index (χ0) is 18.4. The van der Waals surface area contributed by atoms with Crippen LogP contribution in [-0.4, -0.2) is 24.3 Å². The Kier molecular flexibility index (Phi) is 7.03. The van der Waals surface area contributed by atoms with Crippen LogP contribution in [0.4, 0.5) is 5.69 Å². The lowest BCUT2D eigenvalue weighted by Gasteiger charge is -2.36. The SMILES string of the molecule is CCCCCCCN1C(=O)C(C(C)C)Oc2ccc(C(=O)CC)cc21. The maximum Gasteiger partial charge on any atom is 0.268 e. The molecule has 0 aromatic heterocycles. The number of ether oxygens (including phenoxy) is 1. The van der Waals surface area contributed by atoms with Crippen LogP contribution >= 0.6 is 0 Å². The Bertz CT molecular complexity index is 609. The summed E-state index contributed by atoms with van der Waals surface area (Å²) in [6, 6.07) is 5.46. The van der Waals surface area contributed by atoms with Crippen molar-refractivity contribution in [2.75, 3.05) is 11.4 Å². The van der Waals surface area contributed by atoms with Crippen molar-refractivity contribution in [3.8, 4) is 5.75 Å². The van der Waals surface area contributed by atoms with E-state index >= 15 is 0 Å². The minimum atomic E-state index is -0.448. The number of hydrogen-bond acceptors (Lipinski definition) is 3. The maximum atomic E-state index is 12.9. The predicted octanol–water partition coefficient (Wildman–Crippen LogP) is 5.00. The molecule has 0 bridgehead atoms. The van der Waals surface area contributed by atoms with Crippen LogP contribution in [0.2, 0.25) is 0 Å². The summed E-state index contributed by atoms with van der Waals surface area (Å²) in [6.45, 7) is 8.74. The van der Waals surface area contributed by atoms with Gasteiger partial charge in [0.1, 0.15) is 5.75 Å². The van der Waals surface area contributed by atoms with Gasteiger partial charge in [0.15, 0.2) is 11.9 Å². The molecule has 138 valence electrons. The van der Waals surface area contributed by atoms with E-state index in [2.05, 4.69) is 6.92 Å². The third-order valence-electron chi connectivity index (χ3n) is 4.75. The van der Waals surface area contributed by atoms with E-state index < -0.39 is 6.10 Å². The second-order valence-electron chi connectivity index (χ2n) is 7.15. The van der Waals surface area contributed by atoms with Crippen molar-refractivity contribution >= 4 is 17.4 Å². The molecule has 0 saturated heterocycles. The van der Waals surface area contributed by atoms with Gasteiger partial charge in [-0.05, 0) is 30.5 Å². The molecule has 0 radical (unpaired) electrons. The number of amides is 1. The average molecular weight is 345 g/mol. The van der Waals surface area contributed by atoms with E-state index in [0.717, 1.165) is 18.5 Å². The number of fused-ring (bicyclic) bond motifs is 1. The molecule has 4 nitrogen and oxygen atoms in total. The van der Waals surface area contributed by atoms with Crippen LogP contribution in [0.1, 0.15) is 76.6 Å². The van der Waals surface area contributed by atoms with E-state index in [1.54, 1.807) is 6.07 Å². The second kappa shape index (κ2) is 9.02. The first kappa shape index (κ1) is 19.5. The highest BCUT2D eigenvalue weighted by Gasteiger charge is 2.36. The molecule has 1 aromatic carbocycles. The number of anilines is 1. The van der Waals surface area contributed by atoms with Crippen molar-refractivity contribution in [2.45, 2.75) is 72.3 Å². The first-order chi connectivity index (χ1) is 12.0. The van der Waals surface area contributed by atoms with Crippen molar-refractivity contribution in [1.82, 2.24) is 0 Å². The molecule has 1 amide bonds. The number of unbranched alkanes of at least 4 members (excludes halogenated alkanes) is 4. The number of carbonyl (C=O) groups excluding carboxylic acids is 2. The van der Waals surface area contributed by atoms with Crippen molar-refractivity contribution in [3.05, 3.63) is 23.8 Å². The number of hydrogen-bond donors (Lipinski definition) is 0. The van der Waals surface area contributed by atoms with Gasteiger partial charge >= 0.3 is 0 Å². The highest BCUT2D eigenvalue weighted by atomic mass is 16.5. The Balaban J connectivity index is 2.24. The molecular weight excluding hydrogens is 314 g/mol. The fourth-order valence-corrected chi connectivity index (χ4v) is 3.19. The highest BCUT2D eigenvalue weighted by Crippen LogP contribution is 2.37. The highest BCUT2D eigenvalue weighted by molar-refractivity contribution is 6.03. The van der Waals surface area contributed by atoms with Gasteiger partial charge < -0.3 is 9.64 Å². The zero-order valence-corrected chi connectivity index (χ0v) is 16.0. The van der Waals surface area contributed by atoms with Crippen LogP contribution in [0.3, 0.4) is 0 Å². The van der Waals surface area contributed by atoms with Gasteiger partial charge in [0.25, 0.3) is 5.91 Å². The molecule has 4 heteroatoms. The molecule has 1 heterocycles. The smallest absolute Gasteiger partial charge is 0.268 e. The molecule has 1 aliphatic rings. The molecule has 1 unspecified atom stereocenters. The van der Waals surface area contributed by atoms with Crippen molar-refractivity contribution in [1.29, 1.82) is 0 Å². The number of rotatable bonds is 9. The topological polar surface area (TPSA) is 46.6 Å². The number of nitrogens with zero attached hydrogens (tertiary/aromatic N) is 1. The molecule has 0 spiro atoms. The molecule has 0 saturated carbocycles. The van der Waals surface area contributed by atoms with Gasteiger partial charge in [0.05, 0.1) is 5.69 Å². The lowest BCUT2D eigenvalue weighted by molar-refractivity contribution is -0.128. The van der Waals surface area contributed by atoms with Gasteiger partial charge in [-0.2, -0.15) is 0 Å². The van der Waals surface area contributed by atoms with Gasteiger partial charge in [-0.25, -0.2) is 0 Å². The summed E-state index contributed by atoms with van der Waals surface area (Å²) in [7, 11) is 0. The quantitative estimate of drug-likeness (QED) is 0.467. The standard InChI is InChI=1S/C21H31NO3/c1-5-7-8-9-10-13-22-17-14-16(18(23)6-2)11-12-19(17)25-20(15(3)4)21(22)24/h11-12,14-15,20H,5-10,13H2,1-4H3. The molecule has 0 aliphatic carbocycles. The molecular formula is C21H31NO3. The first-order valence-electron chi connectivity index (χ1n) is 9.64. The monoisotopic (exact) mass is 345 g/mol. The van der Waals surface area contributed by atoms with Crippen LogP contribution in [-0.2, 0) is 4.79 Å². The number of benzene rings is 1. The van der Waals surface area contributed by atoms with E-state index in [9.17, 15) is 9.59 Å². The molecule has 1 aromatic rings. The van der Waals surface area contributed by atoms with E-state index in [-0.39, 0.29) is 17.6 Å². The largest absolute Gasteiger partial charge is 0.478 e. The molecule has 25 heavy (non-hydrogen) atoms. The second-order valence-corrected chi connectivity index (χ2v) is 7.15. The summed E-state index contributed by atoms with van der Waals surface area (Å²) in [5, 5.41) is 0. The molecule has 1 aliphatic heterocycles. The fourth-order valence-electron chi connectivity index (χ4n) is 3.19. The third-order valence-corrected chi connectivity index (χ3v) is 4.75. The van der Waals surface area contributed by atoms with E-state index in [4.69, 9.17) is 4.74 Å². The Labute approximate surface area is 151 Å². The summed E-state index contributed by atoms with van der Waals surface area (Å²) in [5.74, 6) is 0.919. The van der Waals surface area contributed by atoms with Gasteiger partial charge in [0.2, 0.25) is 0 Å². The molecule has 1 atom stereocenters. The minimum Gasteiger partial charge on any atom is -0.478 e. The zero-order valence-electron chi connectivity index (χ0n) is 16.0. The summed E-state index contributed by atoms with van der Waals surface area (Å²) in [6.07, 6.45) is 5.74. The average Bonchev–Trinajstić information content (AvgIpc) is 2.61. The van der Waals surface area contributed by atoms with Crippen molar-refractivity contribution in [2.24, 2.45) is 5.92 Å². The lowest BCUT2D eigenvalue weighted by Crippen LogP contribution is -2.48. The minimum absolute atomic E-state index is 0.0130. The van der Waals surface area contributed by atoms with Crippen LogP contribution in [0, 0.1) is 5.92 Å². The summed E-state index contributed by atoms with van der Waals surface area (Å²) in [4.78, 5) is 26.8. The summed E-state index contributed by atoms with van der Waals surface area (Å²) in [5.41, 5.74) is 1.40. The summed E-state index contributed by atoms with van der Waals surface area (Å²) < 4.78 is 5.95. The lowest BCUT2D eigenvalue weighted by atomic mass is 10.0. The first-order valence-corrected chi connectivity index (χ1v) is 9.64. The summed E-state index contributed by atoms with van der Waals surface area (Å²) >= 11 is 0. The fraction of sp³-hybridized carbons (Fsp3) is 0.619. The Morgan fingerprint density at radius 3 is 2.52 bits per heavy atom. The van der Waals surface area contributed by atoms with Crippen LogP contribution in [0.25, 0.3) is 0 Å². The number of ketones is 1. The third kappa shape index (κ3) is 4.62. The Morgan fingerprint density at radius 1 is 1.16 bits per heavy atom. The van der Waals surface area contributed by atoms with Crippen LogP contribution in [0.5, 0.6) is 5.75 Å². The van der Waals surface area contributed by atoms with Crippen molar-refractivity contribution < 1.29 is 14.3 Å². The van der Waals surface area contributed by atoms with Gasteiger partial charge in [0, 0.05) is 18.5 Å². The number of Topliss-reactive ketones (excluding diaryl/α,β-unsaturated/α-hetero) is 1. The van der Waals surface area contributed by atoms with Gasteiger partial charge in [-0.1, -0.05) is 53.4 Å². The molecule has 0 fully saturated rings.